The van der Waals surface area contributed by atoms with Gasteiger partial charge < -0.3 is 10.2 Å². The summed E-state index contributed by atoms with van der Waals surface area (Å²) in [5, 5.41) is 19.0. The van der Waals surface area contributed by atoms with E-state index in [2.05, 4.69) is 50.0 Å². The first-order valence-corrected chi connectivity index (χ1v) is 8.69. The first-order chi connectivity index (χ1) is 10.7. The molecule has 5 unspecified atom stereocenters. The van der Waals surface area contributed by atoms with Gasteiger partial charge in [-0.25, -0.2) is 0 Å². The second-order valence-electron chi connectivity index (χ2n) is 6.37. The van der Waals surface area contributed by atoms with Crippen LogP contribution >= 0.6 is 0 Å². The van der Waals surface area contributed by atoms with E-state index in [1.807, 2.05) is 6.92 Å². The van der Waals surface area contributed by atoms with Crippen LogP contribution in [0, 0.1) is 35.5 Å². The van der Waals surface area contributed by atoms with Crippen molar-refractivity contribution in [2.75, 3.05) is 6.61 Å². The third-order valence-electron chi connectivity index (χ3n) is 4.76. The van der Waals surface area contributed by atoms with Crippen molar-refractivity contribution in [2.24, 2.45) is 23.7 Å². The molecule has 0 aromatic carbocycles. The van der Waals surface area contributed by atoms with Crippen LogP contribution in [0.3, 0.4) is 0 Å². The Morgan fingerprint density at radius 2 is 2.00 bits per heavy atom. The Kier molecular flexibility index (Phi) is 9.20. The summed E-state index contributed by atoms with van der Waals surface area (Å²) in [6, 6.07) is 0. The van der Waals surface area contributed by atoms with Crippen LogP contribution in [0.15, 0.2) is 24.3 Å². The standard InChI is InChI=1S/C20H32O2/c1-4-6-11-17(5-2)12-7-8-13-18-16(3)20(18)19(22)14-9-10-15-21/h7-8,12-13,16-22H,5,9-11,14-15H2,1-3H3. The van der Waals surface area contributed by atoms with Gasteiger partial charge in [-0.3, -0.25) is 0 Å². The zero-order chi connectivity index (χ0) is 16.4. The zero-order valence-corrected chi connectivity index (χ0v) is 14.3. The van der Waals surface area contributed by atoms with Crippen molar-refractivity contribution < 1.29 is 10.2 Å². The number of hydrogen-bond acceptors (Lipinski definition) is 2. The van der Waals surface area contributed by atoms with Crippen molar-refractivity contribution in [1.82, 2.24) is 0 Å². The van der Waals surface area contributed by atoms with E-state index < -0.39 is 0 Å². The molecule has 124 valence electrons. The molecule has 1 aliphatic rings. The van der Waals surface area contributed by atoms with Gasteiger partial charge in [0.25, 0.3) is 0 Å². The van der Waals surface area contributed by atoms with Crippen molar-refractivity contribution in [3.8, 4) is 11.8 Å². The molecule has 1 aliphatic carbocycles. The maximum absolute atomic E-state index is 10.2. The lowest BCUT2D eigenvalue weighted by Gasteiger charge is -2.08. The van der Waals surface area contributed by atoms with E-state index in [1.165, 1.54) is 0 Å². The molecule has 0 radical (unpaired) electrons. The van der Waals surface area contributed by atoms with Crippen LogP contribution in [-0.4, -0.2) is 22.9 Å². The highest BCUT2D eigenvalue weighted by atomic mass is 16.3. The van der Waals surface area contributed by atoms with E-state index in [1.54, 1.807) is 0 Å². The molecule has 0 aromatic heterocycles. The Morgan fingerprint density at radius 3 is 2.64 bits per heavy atom. The third kappa shape index (κ3) is 6.38. The molecule has 1 fully saturated rings. The van der Waals surface area contributed by atoms with E-state index in [0.29, 0.717) is 23.7 Å². The minimum atomic E-state index is -0.219. The molecule has 5 atom stereocenters. The van der Waals surface area contributed by atoms with E-state index in [-0.39, 0.29) is 12.7 Å². The Bertz CT molecular complexity index is 413. The van der Waals surface area contributed by atoms with Crippen molar-refractivity contribution in [1.29, 1.82) is 0 Å². The SMILES string of the molecule is CC#CCC(C=CC=CC1C(C)C1C(O)CCCCO)CC. The first kappa shape index (κ1) is 19.0. The second kappa shape index (κ2) is 10.6. The van der Waals surface area contributed by atoms with E-state index in [9.17, 15) is 5.11 Å². The van der Waals surface area contributed by atoms with Gasteiger partial charge in [0.1, 0.15) is 0 Å². The van der Waals surface area contributed by atoms with Gasteiger partial charge in [-0.2, -0.15) is 0 Å². The van der Waals surface area contributed by atoms with Crippen molar-refractivity contribution in [2.45, 2.75) is 59.0 Å². The van der Waals surface area contributed by atoms with Crippen molar-refractivity contribution in [3.05, 3.63) is 24.3 Å². The average molecular weight is 304 g/mol. The highest BCUT2D eigenvalue weighted by Gasteiger charge is 2.48. The molecule has 0 saturated heterocycles. The maximum atomic E-state index is 10.2. The smallest absolute Gasteiger partial charge is 0.0576 e. The zero-order valence-electron chi connectivity index (χ0n) is 14.3. The molecule has 0 aliphatic heterocycles. The molecular formula is C20H32O2. The molecule has 0 amide bonds. The topological polar surface area (TPSA) is 40.5 Å². The maximum Gasteiger partial charge on any atom is 0.0576 e. The van der Waals surface area contributed by atoms with Crippen LogP contribution in [0.25, 0.3) is 0 Å². The van der Waals surface area contributed by atoms with Gasteiger partial charge in [0.05, 0.1) is 6.10 Å². The highest BCUT2D eigenvalue weighted by molar-refractivity contribution is 5.15. The Morgan fingerprint density at radius 1 is 1.23 bits per heavy atom. The number of aliphatic hydroxyl groups is 2. The van der Waals surface area contributed by atoms with Crippen LogP contribution in [0.4, 0.5) is 0 Å². The van der Waals surface area contributed by atoms with Crippen LogP contribution in [0.5, 0.6) is 0 Å². The largest absolute Gasteiger partial charge is 0.396 e. The summed E-state index contributed by atoms with van der Waals surface area (Å²) in [4.78, 5) is 0. The number of unbranched alkanes of at least 4 members (excludes halogenated alkanes) is 1. The summed E-state index contributed by atoms with van der Waals surface area (Å²) in [5.41, 5.74) is 0. The van der Waals surface area contributed by atoms with Crippen LogP contribution in [0.1, 0.15) is 52.9 Å². The van der Waals surface area contributed by atoms with Crippen LogP contribution < -0.4 is 0 Å². The summed E-state index contributed by atoms with van der Waals surface area (Å²) >= 11 is 0. The first-order valence-electron chi connectivity index (χ1n) is 8.69. The van der Waals surface area contributed by atoms with Gasteiger partial charge in [0.15, 0.2) is 0 Å². The second-order valence-corrected chi connectivity index (χ2v) is 6.37. The Labute approximate surface area is 136 Å². The average Bonchev–Trinajstić information content (AvgIpc) is 3.16. The quantitative estimate of drug-likeness (QED) is 0.364. The monoisotopic (exact) mass is 304 g/mol. The summed E-state index contributed by atoms with van der Waals surface area (Å²) in [6.07, 6.45) is 13.1. The third-order valence-corrected chi connectivity index (χ3v) is 4.76. The summed E-state index contributed by atoms with van der Waals surface area (Å²) in [5.74, 6) is 8.10. The van der Waals surface area contributed by atoms with Gasteiger partial charge in [-0.1, -0.05) is 38.2 Å². The number of rotatable bonds is 10. The molecule has 2 heteroatoms. The lowest BCUT2D eigenvalue weighted by molar-refractivity contribution is 0.127. The predicted molar refractivity (Wildman–Crippen MR) is 93.2 cm³/mol. The lowest BCUT2D eigenvalue weighted by atomic mass is 10.0. The molecule has 1 rings (SSSR count). The van der Waals surface area contributed by atoms with E-state index >= 15 is 0 Å². The minimum absolute atomic E-state index is 0.219. The van der Waals surface area contributed by atoms with Crippen LogP contribution in [-0.2, 0) is 0 Å². The van der Waals surface area contributed by atoms with Gasteiger partial charge in [0, 0.05) is 13.0 Å². The number of allylic oxidation sites excluding steroid dienone is 4. The molecule has 0 heterocycles. The van der Waals surface area contributed by atoms with E-state index in [4.69, 9.17) is 5.11 Å². The van der Waals surface area contributed by atoms with Gasteiger partial charge in [0.2, 0.25) is 0 Å². The molecule has 0 aromatic rings. The number of hydrogen-bond donors (Lipinski definition) is 2. The Hall–Kier alpha value is -1.04. The van der Waals surface area contributed by atoms with Crippen LogP contribution in [0.2, 0.25) is 0 Å². The summed E-state index contributed by atoms with van der Waals surface area (Å²) in [7, 11) is 0. The predicted octanol–water partition coefficient (Wildman–Crippen LogP) is 3.94. The van der Waals surface area contributed by atoms with E-state index in [0.717, 1.165) is 32.1 Å². The fourth-order valence-electron chi connectivity index (χ4n) is 3.09. The Balaban J connectivity index is 2.35. The molecule has 22 heavy (non-hydrogen) atoms. The van der Waals surface area contributed by atoms with Crippen molar-refractivity contribution >= 4 is 0 Å². The molecule has 0 spiro atoms. The fourth-order valence-corrected chi connectivity index (χ4v) is 3.09. The molecular weight excluding hydrogens is 272 g/mol. The highest BCUT2D eigenvalue weighted by Crippen LogP contribution is 2.50. The normalized spacial score (nSPS) is 26.9. The molecule has 2 nitrogen and oxygen atoms in total. The molecule has 2 N–H and O–H groups in total. The molecule has 1 saturated carbocycles. The van der Waals surface area contributed by atoms with Gasteiger partial charge in [-0.05, 0) is 56.3 Å². The van der Waals surface area contributed by atoms with Gasteiger partial charge >= 0.3 is 0 Å². The minimum Gasteiger partial charge on any atom is -0.396 e. The number of aliphatic hydroxyl groups excluding tert-OH is 2. The molecule has 0 bridgehead atoms. The van der Waals surface area contributed by atoms with Gasteiger partial charge in [-0.15, -0.1) is 11.8 Å². The van der Waals surface area contributed by atoms with Crippen molar-refractivity contribution in [3.63, 3.8) is 0 Å². The lowest BCUT2D eigenvalue weighted by Crippen LogP contribution is -2.11. The fraction of sp³-hybridized carbons (Fsp3) is 0.700. The summed E-state index contributed by atoms with van der Waals surface area (Å²) < 4.78 is 0. The summed E-state index contributed by atoms with van der Waals surface area (Å²) in [6.45, 7) is 6.51.